The van der Waals surface area contributed by atoms with E-state index < -0.39 is 12.6 Å². The molecule has 0 bridgehead atoms. The number of alkyl halides is 1. The van der Waals surface area contributed by atoms with Crippen molar-refractivity contribution >= 4 is 5.97 Å². The fourth-order valence-corrected chi connectivity index (χ4v) is 0.276. The molecule has 0 aromatic rings. The Kier molecular flexibility index (Phi) is 4.78. The highest BCUT2D eigenvalue weighted by Crippen LogP contribution is 1.80. The Bertz CT molecular complexity index is 110. The lowest BCUT2D eigenvalue weighted by Gasteiger charge is -1.94. The Hall–Kier alpha value is -0.860. The summed E-state index contributed by atoms with van der Waals surface area (Å²) in [7, 11) is 0. The molecule has 0 spiro atoms. The fourth-order valence-electron chi connectivity index (χ4n) is 0.276. The minimum atomic E-state index is -1.04. The van der Waals surface area contributed by atoms with E-state index in [2.05, 4.69) is 4.74 Å². The summed E-state index contributed by atoms with van der Waals surface area (Å²) in [5, 5.41) is 0. The number of halogens is 1. The molecule has 0 rings (SSSR count). The number of hydrogen-bond donors (Lipinski definition) is 0. The van der Waals surface area contributed by atoms with Gasteiger partial charge >= 0.3 is 5.97 Å². The number of carbonyl (C=O) groups excluding carboxylic acids is 1. The van der Waals surface area contributed by atoms with Crippen LogP contribution in [0.2, 0.25) is 0 Å². The Morgan fingerprint density at radius 1 is 1.78 bits per heavy atom. The van der Waals surface area contributed by atoms with Gasteiger partial charge in [0.2, 0.25) is 0 Å². The van der Waals surface area contributed by atoms with Gasteiger partial charge in [-0.1, -0.05) is 12.2 Å². The molecule has 52 valence electrons. The average Bonchev–Trinajstić information content (AvgIpc) is 1.89. The van der Waals surface area contributed by atoms with E-state index in [1.165, 1.54) is 0 Å². The summed E-state index contributed by atoms with van der Waals surface area (Å²) in [4.78, 5) is 10.1. The van der Waals surface area contributed by atoms with Crippen molar-refractivity contribution in [2.45, 2.75) is 6.92 Å². The fraction of sp³-hybridized carbons (Fsp3) is 0.500. The molecule has 0 unspecified atom stereocenters. The van der Waals surface area contributed by atoms with E-state index in [1.54, 1.807) is 19.1 Å². The van der Waals surface area contributed by atoms with Crippen LogP contribution in [0.15, 0.2) is 12.2 Å². The van der Waals surface area contributed by atoms with Crippen LogP contribution >= 0.6 is 0 Å². The van der Waals surface area contributed by atoms with E-state index in [-0.39, 0.29) is 6.61 Å². The highest BCUT2D eigenvalue weighted by Gasteiger charge is 1.95. The van der Waals surface area contributed by atoms with Crippen molar-refractivity contribution in [1.82, 2.24) is 0 Å². The second-order valence-electron chi connectivity index (χ2n) is 1.39. The zero-order valence-corrected chi connectivity index (χ0v) is 5.26. The van der Waals surface area contributed by atoms with Gasteiger partial charge in [-0.3, -0.25) is 0 Å². The summed E-state index contributed by atoms with van der Waals surface area (Å²) >= 11 is 0. The second kappa shape index (κ2) is 5.28. The molecule has 0 amide bonds. The van der Waals surface area contributed by atoms with Crippen LogP contribution in [0.25, 0.3) is 0 Å². The maximum Gasteiger partial charge on any atom is 0.337 e. The second-order valence-corrected chi connectivity index (χ2v) is 1.39. The monoisotopic (exact) mass is 132 g/mol. The van der Waals surface area contributed by atoms with Crippen molar-refractivity contribution in [2.24, 2.45) is 0 Å². The number of carbonyl (C=O) groups is 1. The summed E-state index contributed by atoms with van der Waals surface area (Å²) in [6, 6.07) is 0. The zero-order chi connectivity index (χ0) is 7.11. The van der Waals surface area contributed by atoms with Gasteiger partial charge in [-0.25, -0.2) is 9.18 Å². The van der Waals surface area contributed by atoms with E-state index in [0.717, 1.165) is 0 Å². The van der Waals surface area contributed by atoms with Crippen molar-refractivity contribution in [2.75, 3.05) is 13.3 Å². The first-order chi connectivity index (χ1) is 4.31. The molecule has 0 aromatic carbocycles. The van der Waals surface area contributed by atoms with Gasteiger partial charge in [0.1, 0.15) is 6.61 Å². The number of esters is 1. The van der Waals surface area contributed by atoms with Crippen LogP contribution in [0.5, 0.6) is 0 Å². The maximum absolute atomic E-state index is 11.3. The van der Waals surface area contributed by atoms with E-state index >= 15 is 0 Å². The molecule has 9 heavy (non-hydrogen) atoms. The smallest absolute Gasteiger partial charge is 0.337 e. The Morgan fingerprint density at radius 2 is 2.44 bits per heavy atom. The molecule has 2 nitrogen and oxygen atoms in total. The van der Waals surface area contributed by atoms with Crippen LogP contribution in [-0.2, 0) is 9.53 Å². The third kappa shape index (κ3) is 5.00. The Morgan fingerprint density at radius 3 is 2.89 bits per heavy atom. The first kappa shape index (κ1) is 8.14. The average molecular weight is 132 g/mol. The van der Waals surface area contributed by atoms with E-state index in [9.17, 15) is 9.18 Å². The van der Waals surface area contributed by atoms with E-state index in [1.807, 2.05) is 0 Å². The SMILES string of the molecule is CC=CCOC(=O)CF. The molecule has 0 aliphatic rings. The third-order valence-corrected chi connectivity index (χ3v) is 0.685. The molecular weight excluding hydrogens is 123 g/mol. The first-order valence-electron chi connectivity index (χ1n) is 2.64. The highest BCUT2D eigenvalue weighted by atomic mass is 19.1. The molecule has 0 N–H and O–H groups in total. The number of ether oxygens (including phenoxy) is 1. The predicted molar refractivity (Wildman–Crippen MR) is 31.7 cm³/mol. The normalized spacial score (nSPS) is 10.0. The third-order valence-electron chi connectivity index (χ3n) is 0.685. The standard InChI is InChI=1S/C6H9FO2/c1-2-3-4-9-6(8)5-7/h2-3H,4-5H2,1H3. The van der Waals surface area contributed by atoms with E-state index in [0.29, 0.717) is 0 Å². The molecule has 0 saturated carbocycles. The van der Waals surface area contributed by atoms with E-state index in [4.69, 9.17) is 0 Å². The Labute approximate surface area is 53.3 Å². The van der Waals surface area contributed by atoms with Gasteiger partial charge in [0.15, 0.2) is 6.67 Å². The molecule has 0 atom stereocenters. The molecule has 0 aliphatic carbocycles. The molecule has 3 heteroatoms. The summed E-state index contributed by atoms with van der Waals surface area (Å²) < 4.78 is 15.6. The van der Waals surface area contributed by atoms with Crippen LogP contribution in [0, 0.1) is 0 Å². The quantitative estimate of drug-likeness (QED) is 0.424. The van der Waals surface area contributed by atoms with Crippen LogP contribution in [0.1, 0.15) is 6.92 Å². The summed E-state index contributed by atoms with van der Waals surface area (Å²) in [6.07, 6.45) is 3.36. The maximum atomic E-state index is 11.3. The van der Waals surface area contributed by atoms with Gasteiger partial charge in [0.25, 0.3) is 0 Å². The van der Waals surface area contributed by atoms with Gasteiger partial charge in [-0.05, 0) is 6.92 Å². The summed E-state index contributed by atoms with van der Waals surface area (Å²) in [5.74, 6) is -0.812. The molecule has 0 radical (unpaired) electrons. The molecular formula is C6H9FO2. The minimum Gasteiger partial charge on any atom is -0.460 e. The van der Waals surface area contributed by atoms with Gasteiger partial charge in [-0.2, -0.15) is 0 Å². The molecule has 0 saturated heterocycles. The van der Waals surface area contributed by atoms with Crippen molar-refractivity contribution in [3.63, 3.8) is 0 Å². The number of rotatable bonds is 3. The van der Waals surface area contributed by atoms with Crippen molar-refractivity contribution < 1.29 is 13.9 Å². The lowest BCUT2D eigenvalue weighted by atomic mass is 10.5. The van der Waals surface area contributed by atoms with Gasteiger partial charge in [-0.15, -0.1) is 0 Å². The molecule has 0 heterocycles. The van der Waals surface area contributed by atoms with Crippen LogP contribution in [0.4, 0.5) is 4.39 Å². The lowest BCUT2D eigenvalue weighted by molar-refractivity contribution is -0.143. The van der Waals surface area contributed by atoms with Gasteiger partial charge in [0.05, 0.1) is 0 Å². The molecule has 0 aliphatic heterocycles. The topological polar surface area (TPSA) is 26.3 Å². The van der Waals surface area contributed by atoms with Gasteiger partial charge in [0, 0.05) is 0 Å². The van der Waals surface area contributed by atoms with Gasteiger partial charge < -0.3 is 4.74 Å². The van der Waals surface area contributed by atoms with Crippen LogP contribution < -0.4 is 0 Å². The molecule has 0 aromatic heterocycles. The summed E-state index contributed by atoms with van der Waals surface area (Å²) in [5.41, 5.74) is 0. The van der Waals surface area contributed by atoms with Crippen LogP contribution in [0.3, 0.4) is 0 Å². The minimum absolute atomic E-state index is 0.166. The van der Waals surface area contributed by atoms with Crippen molar-refractivity contribution in [1.29, 1.82) is 0 Å². The number of allylic oxidation sites excluding steroid dienone is 1. The largest absolute Gasteiger partial charge is 0.460 e. The predicted octanol–water partition coefficient (Wildman–Crippen LogP) is 1.08. The highest BCUT2D eigenvalue weighted by molar-refractivity contribution is 5.70. The van der Waals surface area contributed by atoms with Crippen molar-refractivity contribution in [3.05, 3.63) is 12.2 Å². The lowest BCUT2D eigenvalue weighted by Crippen LogP contribution is -2.05. The van der Waals surface area contributed by atoms with Crippen molar-refractivity contribution in [3.8, 4) is 0 Å². The Balaban J connectivity index is 3.17. The first-order valence-corrected chi connectivity index (χ1v) is 2.64. The summed E-state index contributed by atoms with van der Waals surface area (Å²) in [6.45, 7) is 0.917. The molecule has 0 fully saturated rings. The van der Waals surface area contributed by atoms with Crippen LogP contribution in [-0.4, -0.2) is 19.3 Å². The number of hydrogen-bond acceptors (Lipinski definition) is 2. The zero-order valence-electron chi connectivity index (χ0n) is 5.26.